The van der Waals surface area contributed by atoms with Crippen molar-refractivity contribution < 1.29 is 5.11 Å². The molecule has 96 valence electrons. The number of aliphatic hydroxyl groups excluding tert-OH is 1. The smallest absolute Gasteiger partial charge is 0.133 e. The van der Waals surface area contributed by atoms with Gasteiger partial charge < -0.3 is 14.9 Å². The van der Waals surface area contributed by atoms with E-state index in [0.29, 0.717) is 6.54 Å². The molecule has 0 fully saturated rings. The number of nitrogens with zero attached hydrogens (tertiary/aromatic N) is 4. The first-order chi connectivity index (χ1) is 8.19. The molecule has 0 aliphatic rings. The van der Waals surface area contributed by atoms with Crippen molar-refractivity contribution in [2.24, 2.45) is 0 Å². The third-order valence-electron chi connectivity index (χ3n) is 2.70. The molecule has 0 saturated heterocycles. The lowest BCUT2D eigenvalue weighted by molar-refractivity contribution is 0.304. The average molecular weight is 238 g/mol. The van der Waals surface area contributed by atoms with E-state index in [1.807, 2.05) is 25.1 Å². The van der Waals surface area contributed by atoms with Crippen LogP contribution in [-0.4, -0.2) is 48.9 Å². The van der Waals surface area contributed by atoms with E-state index < -0.39 is 0 Å². The van der Waals surface area contributed by atoms with E-state index in [1.165, 1.54) is 6.42 Å². The molecular weight excluding hydrogens is 216 g/mol. The molecule has 17 heavy (non-hydrogen) atoms. The van der Waals surface area contributed by atoms with Gasteiger partial charge in [0.15, 0.2) is 0 Å². The molecule has 0 radical (unpaired) electrons. The number of anilines is 2. The Labute approximate surface area is 103 Å². The van der Waals surface area contributed by atoms with Crippen molar-refractivity contribution in [2.45, 2.75) is 19.8 Å². The van der Waals surface area contributed by atoms with Crippen LogP contribution in [0.2, 0.25) is 0 Å². The van der Waals surface area contributed by atoms with Crippen LogP contribution in [0.25, 0.3) is 0 Å². The topological polar surface area (TPSA) is 52.5 Å². The summed E-state index contributed by atoms with van der Waals surface area (Å²) in [4.78, 5) is 12.5. The van der Waals surface area contributed by atoms with Crippen molar-refractivity contribution in [1.29, 1.82) is 0 Å². The Kier molecular flexibility index (Phi) is 5.69. The molecule has 1 heterocycles. The fourth-order valence-electron chi connectivity index (χ4n) is 1.53. The number of aliphatic hydroxyl groups is 1. The Morgan fingerprint density at radius 2 is 1.71 bits per heavy atom. The molecule has 0 aliphatic carbocycles. The zero-order valence-corrected chi connectivity index (χ0v) is 10.9. The monoisotopic (exact) mass is 238 g/mol. The highest BCUT2D eigenvalue weighted by Gasteiger charge is 2.06. The van der Waals surface area contributed by atoms with Crippen LogP contribution in [0, 0.1) is 0 Å². The van der Waals surface area contributed by atoms with Crippen LogP contribution in [0.5, 0.6) is 0 Å². The van der Waals surface area contributed by atoms with Gasteiger partial charge in [0.2, 0.25) is 0 Å². The molecule has 1 N–H and O–H groups in total. The van der Waals surface area contributed by atoms with Gasteiger partial charge in [-0.15, -0.1) is 0 Å². The molecule has 0 aliphatic heterocycles. The fourth-order valence-corrected chi connectivity index (χ4v) is 1.53. The second kappa shape index (κ2) is 7.06. The lowest BCUT2D eigenvalue weighted by atomic mass is 10.3. The molecule has 0 amide bonds. The molecule has 1 rings (SSSR count). The van der Waals surface area contributed by atoms with Crippen LogP contribution >= 0.6 is 0 Å². The van der Waals surface area contributed by atoms with Crippen LogP contribution in [0.3, 0.4) is 0 Å². The third kappa shape index (κ3) is 4.19. The molecule has 5 heteroatoms. The Hall–Kier alpha value is -1.36. The molecule has 0 bridgehead atoms. The summed E-state index contributed by atoms with van der Waals surface area (Å²) < 4.78 is 0. The number of hydrogen-bond donors (Lipinski definition) is 1. The summed E-state index contributed by atoms with van der Waals surface area (Å²) in [6.07, 6.45) is 3.90. The predicted octanol–water partition coefficient (Wildman–Crippen LogP) is 1.14. The normalized spacial score (nSPS) is 10.4. The first kappa shape index (κ1) is 13.7. The number of hydrogen-bond acceptors (Lipinski definition) is 5. The molecular formula is C12H22N4O. The van der Waals surface area contributed by atoms with E-state index in [4.69, 9.17) is 5.11 Å². The number of aromatic nitrogens is 2. The zero-order chi connectivity index (χ0) is 12.7. The van der Waals surface area contributed by atoms with E-state index in [-0.39, 0.29) is 6.61 Å². The van der Waals surface area contributed by atoms with Crippen molar-refractivity contribution >= 4 is 11.6 Å². The van der Waals surface area contributed by atoms with Gasteiger partial charge in [0.25, 0.3) is 0 Å². The van der Waals surface area contributed by atoms with Gasteiger partial charge >= 0.3 is 0 Å². The van der Waals surface area contributed by atoms with Crippen molar-refractivity contribution in [1.82, 2.24) is 9.97 Å². The maximum atomic E-state index is 8.90. The fraction of sp³-hybridized carbons (Fsp3) is 0.667. The Bertz CT molecular complexity index is 332. The van der Waals surface area contributed by atoms with Crippen molar-refractivity contribution in [3.8, 4) is 0 Å². The van der Waals surface area contributed by atoms with E-state index >= 15 is 0 Å². The van der Waals surface area contributed by atoms with Crippen molar-refractivity contribution in [3.05, 3.63) is 12.4 Å². The molecule has 1 aromatic rings. The number of likely N-dealkylation sites (N-methyl/N-ethyl adjacent to an activating group) is 1. The highest BCUT2D eigenvalue weighted by atomic mass is 16.3. The van der Waals surface area contributed by atoms with Gasteiger partial charge in [-0.1, -0.05) is 13.3 Å². The lowest BCUT2D eigenvalue weighted by Crippen LogP contribution is -2.24. The summed E-state index contributed by atoms with van der Waals surface area (Å²) >= 11 is 0. The highest BCUT2D eigenvalue weighted by Crippen LogP contribution is 2.15. The largest absolute Gasteiger partial charge is 0.395 e. The first-order valence-electron chi connectivity index (χ1n) is 6.04. The van der Waals surface area contributed by atoms with Crippen molar-refractivity contribution in [3.63, 3.8) is 0 Å². The van der Waals surface area contributed by atoms with Crippen LogP contribution in [0.15, 0.2) is 12.4 Å². The van der Waals surface area contributed by atoms with Crippen LogP contribution in [0.4, 0.5) is 11.6 Å². The second-order valence-corrected chi connectivity index (χ2v) is 4.15. The minimum atomic E-state index is 0.126. The molecule has 0 saturated carbocycles. The number of unbranched alkanes of at least 4 members (excludes halogenated alkanes) is 1. The second-order valence-electron chi connectivity index (χ2n) is 4.15. The molecule has 0 unspecified atom stereocenters. The summed E-state index contributed by atoms with van der Waals surface area (Å²) in [5, 5.41) is 8.90. The van der Waals surface area contributed by atoms with E-state index in [2.05, 4.69) is 21.8 Å². The van der Waals surface area contributed by atoms with Gasteiger partial charge in [-0.25, -0.2) is 9.97 Å². The van der Waals surface area contributed by atoms with Gasteiger partial charge in [-0.05, 0) is 6.42 Å². The minimum absolute atomic E-state index is 0.126. The molecule has 0 aromatic carbocycles. The quantitative estimate of drug-likeness (QED) is 0.772. The Morgan fingerprint density at radius 3 is 2.24 bits per heavy atom. The molecule has 0 atom stereocenters. The predicted molar refractivity (Wildman–Crippen MR) is 70.6 cm³/mol. The number of rotatable bonds is 7. The summed E-state index contributed by atoms with van der Waals surface area (Å²) in [5.74, 6) is 1.76. The summed E-state index contributed by atoms with van der Waals surface area (Å²) in [6, 6.07) is 1.95. The zero-order valence-electron chi connectivity index (χ0n) is 10.9. The molecule has 1 aromatic heterocycles. The summed E-state index contributed by atoms with van der Waals surface area (Å²) in [7, 11) is 3.95. The van der Waals surface area contributed by atoms with E-state index in [9.17, 15) is 0 Å². The average Bonchev–Trinajstić information content (AvgIpc) is 2.36. The standard InChI is InChI=1S/C12H22N4O/c1-4-5-6-15(2)11-9-12(14-10-13-11)16(3)7-8-17/h9-10,17H,4-8H2,1-3H3. The van der Waals surface area contributed by atoms with Crippen LogP contribution in [0.1, 0.15) is 19.8 Å². The first-order valence-corrected chi connectivity index (χ1v) is 6.04. The lowest BCUT2D eigenvalue weighted by Gasteiger charge is -2.21. The van der Waals surface area contributed by atoms with Gasteiger partial charge in [0, 0.05) is 33.3 Å². The maximum absolute atomic E-state index is 8.90. The van der Waals surface area contributed by atoms with Crippen LogP contribution < -0.4 is 9.80 Å². The summed E-state index contributed by atoms with van der Waals surface area (Å²) in [5.41, 5.74) is 0. The van der Waals surface area contributed by atoms with Crippen molar-refractivity contribution in [2.75, 3.05) is 43.6 Å². The molecule has 0 spiro atoms. The van der Waals surface area contributed by atoms with Gasteiger partial charge in [-0.3, -0.25) is 0 Å². The Morgan fingerprint density at radius 1 is 1.12 bits per heavy atom. The van der Waals surface area contributed by atoms with E-state index in [0.717, 1.165) is 24.6 Å². The summed E-state index contributed by atoms with van der Waals surface area (Å²) in [6.45, 7) is 3.88. The van der Waals surface area contributed by atoms with Gasteiger partial charge in [0.05, 0.1) is 6.61 Å². The SMILES string of the molecule is CCCCN(C)c1cc(N(C)CCO)ncn1. The maximum Gasteiger partial charge on any atom is 0.133 e. The highest BCUT2D eigenvalue weighted by molar-refractivity contribution is 5.49. The van der Waals surface area contributed by atoms with E-state index in [1.54, 1.807) is 6.33 Å². The molecule has 5 nitrogen and oxygen atoms in total. The Balaban J connectivity index is 2.70. The van der Waals surface area contributed by atoms with Gasteiger partial charge in [0.1, 0.15) is 18.0 Å². The van der Waals surface area contributed by atoms with Gasteiger partial charge in [-0.2, -0.15) is 0 Å². The minimum Gasteiger partial charge on any atom is -0.395 e. The third-order valence-corrected chi connectivity index (χ3v) is 2.70. The van der Waals surface area contributed by atoms with Crippen LogP contribution in [-0.2, 0) is 0 Å².